The third-order valence-corrected chi connectivity index (χ3v) is 4.90. The fourth-order valence-corrected chi connectivity index (χ4v) is 3.53. The van der Waals surface area contributed by atoms with E-state index in [9.17, 15) is 9.59 Å². The molecule has 1 aliphatic rings. The molecule has 3 aromatic heterocycles. The summed E-state index contributed by atoms with van der Waals surface area (Å²) in [5, 5.41) is 4.51. The molecular formula is C17H19N5O2. The molecule has 1 fully saturated rings. The lowest BCUT2D eigenvalue weighted by Crippen LogP contribution is -2.23. The highest BCUT2D eigenvalue weighted by Gasteiger charge is 2.42. The van der Waals surface area contributed by atoms with Gasteiger partial charge in [0.05, 0.1) is 22.5 Å². The highest BCUT2D eigenvalue weighted by Crippen LogP contribution is 2.53. The molecule has 0 aliphatic heterocycles. The lowest BCUT2D eigenvalue weighted by molar-refractivity contribution is 0.549. The van der Waals surface area contributed by atoms with Crippen molar-refractivity contribution in [2.24, 2.45) is 11.8 Å². The monoisotopic (exact) mass is 325 g/mol. The zero-order chi connectivity index (χ0) is 17.0. The number of rotatable bonds is 3. The lowest BCUT2D eigenvalue weighted by Gasteiger charge is -2.09. The van der Waals surface area contributed by atoms with Crippen molar-refractivity contribution in [3.63, 3.8) is 0 Å². The number of aromatic amines is 2. The van der Waals surface area contributed by atoms with E-state index < -0.39 is 11.2 Å². The van der Waals surface area contributed by atoms with Crippen LogP contribution in [0, 0.1) is 18.8 Å². The molecule has 2 atom stereocenters. The van der Waals surface area contributed by atoms with Gasteiger partial charge in [-0.25, -0.2) is 14.3 Å². The van der Waals surface area contributed by atoms with E-state index in [0.29, 0.717) is 29.0 Å². The van der Waals surface area contributed by atoms with Gasteiger partial charge in [0, 0.05) is 6.20 Å². The normalized spacial score (nSPS) is 20.0. The van der Waals surface area contributed by atoms with E-state index in [2.05, 4.69) is 33.9 Å². The van der Waals surface area contributed by atoms with E-state index in [4.69, 9.17) is 0 Å². The van der Waals surface area contributed by atoms with Gasteiger partial charge in [-0.15, -0.1) is 0 Å². The summed E-state index contributed by atoms with van der Waals surface area (Å²) in [4.78, 5) is 32.5. The smallest absolute Gasteiger partial charge is 0.313 e. The average molecular weight is 325 g/mol. The van der Waals surface area contributed by atoms with Crippen LogP contribution in [0.25, 0.3) is 16.8 Å². The summed E-state index contributed by atoms with van der Waals surface area (Å²) in [6.45, 7) is 6.44. The Labute approximate surface area is 137 Å². The van der Waals surface area contributed by atoms with Gasteiger partial charge in [0.15, 0.2) is 0 Å². The maximum Gasteiger partial charge on any atom is 0.325 e. The largest absolute Gasteiger partial charge is 0.325 e. The van der Waals surface area contributed by atoms with Crippen LogP contribution in [0.15, 0.2) is 28.2 Å². The molecule has 0 amide bonds. The summed E-state index contributed by atoms with van der Waals surface area (Å²) in [5.41, 5.74) is 3.07. The van der Waals surface area contributed by atoms with Crippen molar-refractivity contribution in [2.75, 3.05) is 0 Å². The molecule has 0 saturated heterocycles. The molecule has 0 radical (unpaired) electrons. The fraction of sp³-hybridized carbons (Fsp3) is 0.412. The Hall–Kier alpha value is -2.70. The topological polar surface area (TPSA) is 95.9 Å². The molecule has 7 heteroatoms. The van der Waals surface area contributed by atoms with Crippen LogP contribution < -0.4 is 11.2 Å². The maximum atomic E-state index is 12.1. The molecule has 0 aromatic carbocycles. The van der Waals surface area contributed by atoms with Gasteiger partial charge < -0.3 is 4.98 Å². The molecule has 3 heterocycles. The predicted molar refractivity (Wildman–Crippen MR) is 90.1 cm³/mol. The van der Waals surface area contributed by atoms with Crippen LogP contribution in [-0.4, -0.2) is 24.6 Å². The molecule has 0 spiro atoms. The van der Waals surface area contributed by atoms with Crippen molar-refractivity contribution in [3.05, 3.63) is 50.7 Å². The summed E-state index contributed by atoms with van der Waals surface area (Å²) < 4.78 is 1.74. The van der Waals surface area contributed by atoms with Crippen molar-refractivity contribution >= 4 is 5.52 Å². The molecular weight excluding hydrogens is 306 g/mol. The van der Waals surface area contributed by atoms with Gasteiger partial charge in [0.25, 0.3) is 5.56 Å². The summed E-state index contributed by atoms with van der Waals surface area (Å²) in [6, 6.07) is 1.97. The highest BCUT2D eigenvalue weighted by molar-refractivity contribution is 5.67. The maximum absolute atomic E-state index is 12.1. The third kappa shape index (κ3) is 2.28. The van der Waals surface area contributed by atoms with Gasteiger partial charge in [-0.2, -0.15) is 5.10 Å². The Morgan fingerprint density at radius 1 is 1.33 bits per heavy atom. The van der Waals surface area contributed by atoms with Gasteiger partial charge in [-0.3, -0.25) is 9.78 Å². The Morgan fingerprint density at radius 2 is 2.12 bits per heavy atom. The number of imidazole rings is 1. The minimum atomic E-state index is -0.523. The number of hydrogen-bond donors (Lipinski definition) is 2. The first kappa shape index (κ1) is 14.9. The molecule has 1 aliphatic carbocycles. The zero-order valence-corrected chi connectivity index (χ0v) is 13.8. The molecule has 0 unspecified atom stereocenters. The summed E-state index contributed by atoms with van der Waals surface area (Å²) in [7, 11) is 0. The van der Waals surface area contributed by atoms with E-state index in [1.54, 1.807) is 10.8 Å². The predicted octanol–water partition coefficient (Wildman–Crippen LogP) is 1.84. The van der Waals surface area contributed by atoms with E-state index in [1.165, 1.54) is 11.8 Å². The quantitative estimate of drug-likeness (QED) is 0.768. The van der Waals surface area contributed by atoms with Crippen molar-refractivity contribution in [3.8, 4) is 11.3 Å². The minimum absolute atomic E-state index is 0.353. The number of fused-ring (bicyclic) bond motifs is 1. The number of hydrogen-bond acceptors (Lipinski definition) is 4. The SMILES string of the molecule is Cc1ncn2nc(-c3c[nH]c(=O)[nH]c3=O)cc([C@H]3C[C@@H]3C(C)C)c12. The van der Waals surface area contributed by atoms with Crippen LogP contribution >= 0.6 is 0 Å². The molecule has 24 heavy (non-hydrogen) atoms. The van der Waals surface area contributed by atoms with Crippen LogP contribution in [0.2, 0.25) is 0 Å². The number of nitrogens with one attached hydrogen (secondary N) is 2. The molecule has 1 saturated carbocycles. The second-order valence-corrected chi connectivity index (χ2v) is 6.84. The van der Waals surface area contributed by atoms with E-state index in [0.717, 1.165) is 17.6 Å². The van der Waals surface area contributed by atoms with E-state index in [-0.39, 0.29) is 0 Å². The van der Waals surface area contributed by atoms with E-state index in [1.807, 2.05) is 13.0 Å². The zero-order valence-electron chi connectivity index (χ0n) is 13.8. The van der Waals surface area contributed by atoms with Crippen LogP contribution in [0.5, 0.6) is 0 Å². The molecule has 4 rings (SSSR count). The minimum Gasteiger partial charge on any atom is -0.313 e. The Kier molecular flexibility index (Phi) is 3.19. The second kappa shape index (κ2) is 5.15. The van der Waals surface area contributed by atoms with Crippen molar-refractivity contribution in [1.29, 1.82) is 0 Å². The molecule has 3 aromatic rings. The highest BCUT2D eigenvalue weighted by atomic mass is 16.2. The summed E-state index contributed by atoms with van der Waals surface area (Å²) >= 11 is 0. The van der Waals surface area contributed by atoms with E-state index >= 15 is 0 Å². The van der Waals surface area contributed by atoms with Gasteiger partial charge >= 0.3 is 5.69 Å². The van der Waals surface area contributed by atoms with Crippen LogP contribution in [0.3, 0.4) is 0 Å². The number of H-pyrrole nitrogens is 2. The molecule has 124 valence electrons. The van der Waals surface area contributed by atoms with Gasteiger partial charge in [-0.1, -0.05) is 13.8 Å². The van der Waals surface area contributed by atoms with Crippen molar-refractivity contribution < 1.29 is 0 Å². The standard InChI is InChI=1S/C17H19N5O2/c1-8(2)10-4-11(10)12-5-14(13-6-18-17(24)20-16(13)23)21-22-7-19-9(3)15(12)22/h5-8,10-11H,4H2,1-3H3,(H2,18,20,23,24)/t10-,11+/m1/s1. The van der Waals surface area contributed by atoms with Gasteiger partial charge in [0.2, 0.25) is 0 Å². The Bertz CT molecular complexity index is 1040. The molecule has 7 nitrogen and oxygen atoms in total. The Morgan fingerprint density at radius 3 is 2.79 bits per heavy atom. The van der Waals surface area contributed by atoms with Crippen LogP contribution in [0.1, 0.15) is 37.4 Å². The first-order valence-corrected chi connectivity index (χ1v) is 8.13. The summed E-state index contributed by atoms with van der Waals surface area (Å²) in [5.74, 6) is 1.73. The van der Waals surface area contributed by atoms with Crippen molar-refractivity contribution in [1.82, 2.24) is 24.6 Å². The average Bonchev–Trinajstić information content (AvgIpc) is 3.25. The Balaban J connectivity index is 1.92. The fourth-order valence-electron chi connectivity index (χ4n) is 3.53. The second-order valence-electron chi connectivity index (χ2n) is 6.84. The van der Waals surface area contributed by atoms with Crippen molar-refractivity contribution in [2.45, 2.75) is 33.1 Å². The first-order chi connectivity index (χ1) is 11.5. The molecule has 2 N–H and O–H groups in total. The first-order valence-electron chi connectivity index (χ1n) is 8.13. The number of nitrogens with zero attached hydrogens (tertiary/aromatic N) is 3. The van der Waals surface area contributed by atoms with Gasteiger partial charge in [0.1, 0.15) is 6.33 Å². The van der Waals surface area contributed by atoms with Crippen LogP contribution in [0.4, 0.5) is 0 Å². The van der Waals surface area contributed by atoms with Crippen LogP contribution in [-0.2, 0) is 0 Å². The number of aryl methyl sites for hydroxylation is 1. The van der Waals surface area contributed by atoms with Gasteiger partial charge in [-0.05, 0) is 42.7 Å². The lowest BCUT2D eigenvalue weighted by atomic mass is 10.0. The number of aromatic nitrogens is 5. The summed E-state index contributed by atoms with van der Waals surface area (Å²) in [6.07, 6.45) is 4.23. The molecule has 0 bridgehead atoms. The third-order valence-electron chi connectivity index (χ3n) is 4.90.